The normalized spacial score (nSPS) is 11.8. The Hall–Kier alpha value is -2.22. The molecule has 1 atom stereocenters. The number of ether oxygens (including phenoxy) is 2. The van der Waals surface area contributed by atoms with Crippen molar-refractivity contribution in [3.05, 3.63) is 71.8 Å². The van der Waals surface area contributed by atoms with Crippen molar-refractivity contribution in [2.75, 3.05) is 14.2 Å². The topological polar surface area (TPSA) is 18.5 Å². The molecule has 0 heterocycles. The lowest BCUT2D eigenvalue weighted by atomic mass is 9.91. The molecule has 2 nitrogen and oxygen atoms in total. The van der Waals surface area contributed by atoms with Gasteiger partial charge in [-0.2, -0.15) is 0 Å². The highest BCUT2D eigenvalue weighted by atomic mass is 16.5. The van der Waals surface area contributed by atoms with Gasteiger partial charge in [-0.05, 0) is 53.6 Å². The van der Waals surface area contributed by atoms with Crippen molar-refractivity contribution in [1.29, 1.82) is 0 Å². The standard InChI is InChI=1S/C20H24O2/c1-5-6-16-9-12-20(22-4)19(14-16)15(2)13-17-7-10-18(21-3)11-8-17/h5,7-12,14-15H,1,6,13H2,2-4H3. The van der Waals surface area contributed by atoms with Gasteiger partial charge in [0.2, 0.25) is 0 Å². The minimum atomic E-state index is 0.383. The van der Waals surface area contributed by atoms with E-state index in [9.17, 15) is 0 Å². The maximum absolute atomic E-state index is 5.53. The molecule has 0 aromatic heterocycles. The van der Waals surface area contributed by atoms with Gasteiger partial charge in [0, 0.05) is 0 Å². The van der Waals surface area contributed by atoms with Crippen LogP contribution < -0.4 is 9.47 Å². The summed E-state index contributed by atoms with van der Waals surface area (Å²) in [4.78, 5) is 0. The predicted octanol–water partition coefficient (Wildman–Crippen LogP) is 4.78. The van der Waals surface area contributed by atoms with Crippen LogP contribution in [0, 0.1) is 0 Å². The number of benzene rings is 2. The summed E-state index contributed by atoms with van der Waals surface area (Å²) in [6.45, 7) is 6.05. The van der Waals surface area contributed by atoms with Crippen LogP contribution in [-0.4, -0.2) is 14.2 Å². The van der Waals surface area contributed by atoms with Crippen LogP contribution in [0.2, 0.25) is 0 Å². The summed E-state index contributed by atoms with van der Waals surface area (Å²) in [6, 6.07) is 14.6. The first-order valence-corrected chi connectivity index (χ1v) is 7.58. The van der Waals surface area contributed by atoms with Gasteiger partial charge in [-0.25, -0.2) is 0 Å². The molecule has 2 rings (SSSR count). The Bertz CT molecular complexity index is 614. The Balaban J connectivity index is 2.20. The van der Waals surface area contributed by atoms with Gasteiger partial charge < -0.3 is 9.47 Å². The van der Waals surface area contributed by atoms with Gasteiger partial charge in [-0.3, -0.25) is 0 Å². The fourth-order valence-corrected chi connectivity index (χ4v) is 2.69. The van der Waals surface area contributed by atoms with Crippen LogP contribution in [0.5, 0.6) is 11.5 Å². The third-order valence-corrected chi connectivity index (χ3v) is 3.91. The van der Waals surface area contributed by atoms with Gasteiger partial charge >= 0.3 is 0 Å². The van der Waals surface area contributed by atoms with Gasteiger partial charge in [0.1, 0.15) is 11.5 Å². The summed E-state index contributed by atoms with van der Waals surface area (Å²) in [5.41, 5.74) is 3.81. The Morgan fingerprint density at radius 1 is 1.00 bits per heavy atom. The van der Waals surface area contributed by atoms with E-state index >= 15 is 0 Å². The van der Waals surface area contributed by atoms with E-state index in [0.29, 0.717) is 5.92 Å². The summed E-state index contributed by atoms with van der Waals surface area (Å²) >= 11 is 0. The summed E-state index contributed by atoms with van der Waals surface area (Å²) < 4.78 is 10.7. The van der Waals surface area contributed by atoms with Crippen LogP contribution in [0.3, 0.4) is 0 Å². The zero-order valence-electron chi connectivity index (χ0n) is 13.6. The van der Waals surface area contributed by atoms with Gasteiger partial charge in [0.05, 0.1) is 14.2 Å². The van der Waals surface area contributed by atoms with E-state index in [4.69, 9.17) is 9.47 Å². The van der Waals surface area contributed by atoms with Crippen molar-refractivity contribution in [1.82, 2.24) is 0 Å². The van der Waals surface area contributed by atoms with Gasteiger partial charge in [-0.15, -0.1) is 6.58 Å². The SMILES string of the molecule is C=CCc1ccc(OC)c(C(C)Cc2ccc(OC)cc2)c1. The number of hydrogen-bond acceptors (Lipinski definition) is 2. The molecule has 2 heteroatoms. The molecule has 0 saturated carbocycles. The fourth-order valence-electron chi connectivity index (χ4n) is 2.69. The van der Waals surface area contributed by atoms with Crippen molar-refractivity contribution in [2.24, 2.45) is 0 Å². The molecular formula is C20H24O2. The maximum Gasteiger partial charge on any atom is 0.122 e. The molecule has 0 bridgehead atoms. The van der Waals surface area contributed by atoms with Crippen LogP contribution in [0.4, 0.5) is 0 Å². The second-order valence-corrected chi connectivity index (χ2v) is 5.52. The Kier molecular flexibility index (Phi) is 5.65. The maximum atomic E-state index is 5.53. The smallest absolute Gasteiger partial charge is 0.122 e. The Morgan fingerprint density at radius 3 is 2.27 bits per heavy atom. The zero-order valence-corrected chi connectivity index (χ0v) is 13.6. The lowest BCUT2D eigenvalue weighted by Crippen LogP contribution is -2.02. The quantitative estimate of drug-likeness (QED) is 0.685. The van der Waals surface area contributed by atoms with Gasteiger partial charge in [-0.1, -0.05) is 37.3 Å². The van der Waals surface area contributed by atoms with Crippen molar-refractivity contribution < 1.29 is 9.47 Å². The number of allylic oxidation sites excluding steroid dienone is 1. The van der Waals surface area contributed by atoms with Crippen LogP contribution in [0.15, 0.2) is 55.1 Å². The van der Waals surface area contributed by atoms with E-state index in [2.05, 4.69) is 43.8 Å². The van der Waals surface area contributed by atoms with Crippen LogP contribution >= 0.6 is 0 Å². The van der Waals surface area contributed by atoms with E-state index in [1.165, 1.54) is 16.7 Å². The van der Waals surface area contributed by atoms with E-state index in [1.54, 1.807) is 14.2 Å². The van der Waals surface area contributed by atoms with Crippen molar-refractivity contribution >= 4 is 0 Å². The third kappa shape index (κ3) is 3.91. The highest BCUT2D eigenvalue weighted by Gasteiger charge is 2.13. The lowest BCUT2D eigenvalue weighted by Gasteiger charge is -2.17. The molecule has 0 aliphatic carbocycles. The average Bonchev–Trinajstić information content (AvgIpc) is 2.55. The van der Waals surface area contributed by atoms with Crippen molar-refractivity contribution in [3.63, 3.8) is 0 Å². The minimum Gasteiger partial charge on any atom is -0.497 e. The zero-order chi connectivity index (χ0) is 15.9. The first-order valence-electron chi connectivity index (χ1n) is 7.58. The lowest BCUT2D eigenvalue weighted by molar-refractivity contribution is 0.406. The first-order chi connectivity index (χ1) is 10.7. The fraction of sp³-hybridized carbons (Fsp3) is 0.300. The molecule has 0 radical (unpaired) electrons. The third-order valence-electron chi connectivity index (χ3n) is 3.91. The predicted molar refractivity (Wildman–Crippen MR) is 92.0 cm³/mol. The molecule has 22 heavy (non-hydrogen) atoms. The van der Waals surface area contributed by atoms with Crippen LogP contribution in [0.1, 0.15) is 29.5 Å². The minimum absolute atomic E-state index is 0.383. The Labute approximate surface area is 133 Å². The molecule has 0 saturated heterocycles. The van der Waals surface area contributed by atoms with Gasteiger partial charge in [0.25, 0.3) is 0 Å². The molecule has 0 N–H and O–H groups in total. The van der Waals surface area contributed by atoms with Crippen LogP contribution in [-0.2, 0) is 12.8 Å². The number of methoxy groups -OCH3 is 2. The average molecular weight is 296 g/mol. The van der Waals surface area contributed by atoms with E-state index in [-0.39, 0.29) is 0 Å². The molecule has 0 aliphatic heterocycles. The molecular weight excluding hydrogens is 272 g/mol. The molecule has 0 amide bonds. The molecule has 2 aromatic carbocycles. The largest absolute Gasteiger partial charge is 0.497 e. The second-order valence-electron chi connectivity index (χ2n) is 5.52. The van der Waals surface area contributed by atoms with Crippen molar-refractivity contribution in [3.8, 4) is 11.5 Å². The second kappa shape index (κ2) is 7.69. The molecule has 0 fully saturated rings. The van der Waals surface area contributed by atoms with Gasteiger partial charge in [0.15, 0.2) is 0 Å². The number of hydrogen-bond donors (Lipinski definition) is 0. The molecule has 116 valence electrons. The molecule has 0 aliphatic rings. The summed E-state index contributed by atoms with van der Waals surface area (Å²) in [5.74, 6) is 2.23. The Morgan fingerprint density at radius 2 is 1.68 bits per heavy atom. The summed E-state index contributed by atoms with van der Waals surface area (Å²) in [6.07, 6.45) is 3.78. The summed E-state index contributed by atoms with van der Waals surface area (Å²) in [7, 11) is 3.42. The summed E-state index contributed by atoms with van der Waals surface area (Å²) in [5, 5.41) is 0. The number of rotatable bonds is 7. The van der Waals surface area contributed by atoms with Crippen LogP contribution in [0.25, 0.3) is 0 Å². The van der Waals surface area contributed by atoms with E-state index in [0.717, 1.165) is 24.3 Å². The first kappa shape index (κ1) is 16.2. The highest BCUT2D eigenvalue weighted by Crippen LogP contribution is 2.30. The molecule has 1 unspecified atom stereocenters. The molecule has 0 spiro atoms. The highest BCUT2D eigenvalue weighted by molar-refractivity contribution is 5.41. The van der Waals surface area contributed by atoms with E-state index < -0.39 is 0 Å². The van der Waals surface area contributed by atoms with E-state index in [1.807, 2.05) is 18.2 Å². The molecule has 2 aromatic rings. The van der Waals surface area contributed by atoms with Crippen molar-refractivity contribution in [2.45, 2.75) is 25.7 Å². The monoisotopic (exact) mass is 296 g/mol.